The van der Waals surface area contributed by atoms with Crippen LogP contribution in [0, 0.1) is 0 Å². The molecule has 0 unspecified atom stereocenters. The van der Waals surface area contributed by atoms with Gasteiger partial charge in [0.25, 0.3) is 0 Å². The van der Waals surface area contributed by atoms with Gasteiger partial charge in [-0.2, -0.15) is 5.10 Å². The third kappa shape index (κ3) is 3.94. The fourth-order valence-electron chi connectivity index (χ4n) is 2.11. The quantitative estimate of drug-likeness (QED) is 0.729. The van der Waals surface area contributed by atoms with Crippen molar-refractivity contribution < 1.29 is 4.79 Å². The van der Waals surface area contributed by atoms with Crippen LogP contribution in [0.4, 0.5) is 0 Å². The second-order valence-electron chi connectivity index (χ2n) is 4.52. The van der Waals surface area contributed by atoms with E-state index in [1.54, 1.807) is 0 Å². The van der Waals surface area contributed by atoms with E-state index in [0.29, 0.717) is 18.6 Å². The molecule has 0 aliphatic heterocycles. The Balaban J connectivity index is 2.61. The molecule has 0 fully saturated rings. The molecule has 0 spiro atoms. The van der Waals surface area contributed by atoms with E-state index in [9.17, 15) is 4.79 Å². The first-order chi connectivity index (χ1) is 8.63. The first-order valence-corrected chi connectivity index (χ1v) is 7.69. The largest absolute Gasteiger partial charge is 0.300 e. The third-order valence-electron chi connectivity index (χ3n) is 3.09. The Kier molecular flexibility index (Phi) is 6.61. The number of rotatable bonds is 8. The highest BCUT2D eigenvalue weighted by atomic mass is 79.9. The van der Waals surface area contributed by atoms with Crippen LogP contribution >= 0.6 is 15.9 Å². The lowest BCUT2D eigenvalue weighted by Gasteiger charge is -2.05. The summed E-state index contributed by atoms with van der Waals surface area (Å²) < 4.78 is 3.18. The number of nitrogens with zero attached hydrogens (tertiary/aromatic N) is 2. The fraction of sp³-hybridized carbons (Fsp3) is 0.714. The molecule has 1 rings (SSSR count). The maximum Gasteiger partial charge on any atom is 0.132 e. The average molecular weight is 315 g/mol. The van der Waals surface area contributed by atoms with E-state index < -0.39 is 0 Å². The molecule has 0 aromatic carbocycles. The normalized spacial score (nSPS) is 10.9. The molecule has 0 saturated heterocycles. The molecule has 0 N–H and O–H groups in total. The minimum absolute atomic E-state index is 0.381. The van der Waals surface area contributed by atoms with Crippen LogP contribution in [0.1, 0.15) is 57.8 Å². The molecule has 0 saturated carbocycles. The summed E-state index contributed by atoms with van der Waals surface area (Å²) in [5.41, 5.74) is 2.35. The molecule has 0 aliphatic carbocycles. The van der Waals surface area contributed by atoms with Crippen molar-refractivity contribution in [2.45, 2.75) is 65.8 Å². The SMILES string of the molecule is CCCC(=O)CCCc1c(Br)c(CC)nn1CC. The summed E-state index contributed by atoms with van der Waals surface area (Å²) in [6, 6.07) is 0. The highest BCUT2D eigenvalue weighted by Gasteiger charge is 2.13. The van der Waals surface area contributed by atoms with E-state index >= 15 is 0 Å². The molecule has 102 valence electrons. The van der Waals surface area contributed by atoms with E-state index in [0.717, 1.165) is 42.4 Å². The van der Waals surface area contributed by atoms with Crippen LogP contribution in [0.25, 0.3) is 0 Å². The zero-order chi connectivity index (χ0) is 13.5. The van der Waals surface area contributed by atoms with Crippen LogP contribution in [0.5, 0.6) is 0 Å². The Bertz CT molecular complexity index is 399. The lowest BCUT2D eigenvalue weighted by atomic mass is 10.1. The number of halogens is 1. The van der Waals surface area contributed by atoms with Crippen molar-refractivity contribution >= 4 is 21.7 Å². The zero-order valence-corrected chi connectivity index (χ0v) is 13.2. The van der Waals surface area contributed by atoms with E-state index in [-0.39, 0.29) is 0 Å². The van der Waals surface area contributed by atoms with Crippen molar-refractivity contribution in [1.82, 2.24) is 9.78 Å². The van der Waals surface area contributed by atoms with Gasteiger partial charge in [0.1, 0.15) is 5.78 Å². The van der Waals surface area contributed by atoms with E-state index in [1.807, 2.05) is 11.6 Å². The summed E-state index contributed by atoms with van der Waals surface area (Å²) in [7, 11) is 0. The maximum atomic E-state index is 11.5. The highest BCUT2D eigenvalue weighted by molar-refractivity contribution is 9.10. The highest BCUT2D eigenvalue weighted by Crippen LogP contribution is 2.24. The molecule has 18 heavy (non-hydrogen) atoms. The minimum Gasteiger partial charge on any atom is -0.300 e. The van der Waals surface area contributed by atoms with Crippen LogP contribution in [0.3, 0.4) is 0 Å². The number of carbonyl (C=O) groups excluding carboxylic acids is 1. The fourth-order valence-corrected chi connectivity index (χ4v) is 2.88. The van der Waals surface area contributed by atoms with Gasteiger partial charge in [-0.25, -0.2) is 0 Å². The predicted octanol–water partition coefficient (Wildman–Crippen LogP) is 3.92. The molecular weight excluding hydrogens is 292 g/mol. The summed E-state index contributed by atoms with van der Waals surface area (Å²) in [5.74, 6) is 0.381. The Morgan fingerprint density at radius 1 is 1.28 bits per heavy atom. The lowest BCUT2D eigenvalue weighted by Crippen LogP contribution is -2.05. The Labute approximate surface area is 118 Å². The topological polar surface area (TPSA) is 34.9 Å². The van der Waals surface area contributed by atoms with Gasteiger partial charge >= 0.3 is 0 Å². The maximum absolute atomic E-state index is 11.5. The van der Waals surface area contributed by atoms with Gasteiger partial charge < -0.3 is 0 Å². The van der Waals surface area contributed by atoms with Gasteiger partial charge in [0.2, 0.25) is 0 Å². The zero-order valence-electron chi connectivity index (χ0n) is 11.6. The van der Waals surface area contributed by atoms with Crippen LogP contribution in [-0.4, -0.2) is 15.6 Å². The van der Waals surface area contributed by atoms with Gasteiger partial charge in [0, 0.05) is 19.4 Å². The second-order valence-corrected chi connectivity index (χ2v) is 5.31. The molecule has 1 heterocycles. The van der Waals surface area contributed by atoms with Crippen molar-refractivity contribution in [1.29, 1.82) is 0 Å². The number of aromatic nitrogens is 2. The van der Waals surface area contributed by atoms with Gasteiger partial charge in [-0.15, -0.1) is 0 Å². The first kappa shape index (κ1) is 15.4. The number of Topliss-reactive ketones (excluding diaryl/α,β-unsaturated/α-hetero) is 1. The summed E-state index contributed by atoms with van der Waals surface area (Å²) in [4.78, 5) is 11.5. The molecule has 0 aliphatic rings. The van der Waals surface area contributed by atoms with Crippen molar-refractivity contribution in [2.24, 2.45) is 0 Å². The molecule has 0 atom stereocenters. The van der Waals surface area contributed by atoms with Crippen molar-refractivity contribution in [3.63, 3.8) is 0 Å². The molecule has 0 amide bonds. The molecular formula is C14H23BrN2O. The van der Waals surface area contributed by atoms with E-state index in [2.05, 4.69) is 34.9 Å². The number of carbonyl (C=O) groups is 1. The molecule has 4 heteroatoms. The summed E-state index contributed by atoms with van der Waals surface area (Å²) in [6.07, 6.45) is 5.15. The molecule has 0 radical (unpaired) electrons. The number of aryl methyl sites for hydroxylation is 2. The number of hydrogen-bond acceptors (Lipinski definition) is 2. The van der Waals surface area contributed by atoms with Gasteiger partial charge in [0.15, 0.2) is 0 Å². The monoisotopic (exact) mass is 314 g/mol. The van der Waals surface area contributed by atoms with Crippen molar-refractivity contribution in [2.75, 3.05) is 0 Å². The Morgan fingerprint density at radius 2 is 2.00 bits per heavy atom. The third-order valence-corrected chi connectivity index (χ3v) is 4.01. The van der Waals surface area contributed by atoms with Gasteiger partial charge in [0.05, 0.1) is 15.9 Å². The Morgan fingerprint density at radius 3 is 2.56 bits per heavy atom. The van der Waals surface area contributed by atoms with Gasteiger partial charge in [-0.1, -0.05) is 13.8 Å². The lowest BCUT2D eigenvalue weighted by molar-refractivity contribution is -0.119. The summed E-state index contributed by atoms with van der Waals surface area (Å²) in [6.45, 7) is 7.15. The molecule has 3 nitrogen and oxygen atoms in total. The Hall–Kier alpha value is -0.640. The van der Waals surface area contributed by atoms with Crippen LogP contribution < -0.4 is 0 Å². The standard InChI is InChI=1S/C14H23BrN2O/c1-4-8-11(18)9-7-10-13-14(15)12(5-2)16-17(13)6-3/h4-10H2,1-3H3. The molecule has 1 aromatic rings. The van der Waals surface area contributed by atoms with Crippen LogP contribution in [0.15, 0.2) is 4.47 Å². The van der Waals surface area contributed by atoms with Gasteiger partial charge in [-0.3, -0.25) is 9.48 Å². The van der Waals surface area contributed by atoms with E-state index in [1.165, 1.54) is 5.69 Å². The predicted molar refractivity (Wildman–Crippen MR) is 77.8 cm³/mol. The number of ketones is 1. The number of hydrogen-bond donors (Lipinski definition) is 0. The van der Waals surface area contributed by atoms with Crippen molar-refractivity contribution in [3.05, 3.63) is 15.9 Å². The first-order valence-electron chi connectivity index (χ1n) is 6.89. The average Bonchev–Trinajstić information content (AvgIpc) is 2.66. The van der Waals surface area contributed by atoms with Gasteiger partial charge in [-0.05, 0) is 48.5 Å². The smallest absolute Gasteiger partial charge is 0.132 e. The second kappa shape index (κ2) is 7.72. The molecule has 1 aromatic heterocycles. The van der Waals surface area contributed by atoms with Crippen LogP contribution in [-0.2, 0) is 24.2 Å². The summed E-state index contributed by atoms with van der Waals surface area (Å²) >= 11 is 3.63. The molecule has 0 bridgehead atoms. The van der Waals surface area contributed by atoms with E-state index in [4.69, 9.17) is 0 Å². The summed E-state index contributed by atoms with van der Waals surface area (Å²) in [5, 5.41) is 4.57. The minimum atomic E-state index is 0.381. The van der Waals surface area contributed by atoms with Crippen LogP contribution in [0.2, 0.25) is 0 Å². The van der Waals surface area contributed by atoms with Crippen molar-refractivity contribution in [3.8, 4) is 0 Å².